The molecule has 0 spiro atoms. The fourth-order valence-electron chi connectivity index (χ4n) is 3.55. The number of imidazole rings is 1. The Morgan fingerprint density at radius 2 is 2.04 bits per heavy atom. The van der Waals surface area contributed by atoms with Gasteiger partial charge >= 0.3 is 0 Å². The molecular formula is C21H18N4O3. The molecule has 0 fully saturated rings. The largest absolute Gasteiger partial charge is 0.485 e. The molecule has 0 saturated carbocycles. The molecule has 1 aliphatic rings. The molecular weight excluding hydrogens is 356 g/mol. The third-order valence-corrected chi connectivity index (χ3v) is 4.91. The smallest absolute Gasteiger partial charge is 0.200 e. The summed E-state index contributed by atoms with van der Waals surface area (Å²) >= 11 is 0. The average Bonchev–Trinajstić information content (AvgIpc) is 3.13. The van der Waals surface area contributed by atoms with Crippen LogP contribution in [0.15, 0.2) is 48.5 Å². The van der Waals surface area contributed by atoms with E-state index in [2.05, 4.69) is 14.5 Å². The average molecular weight is 374 g/mol. The van der Waals surface area contributed by atoms with E-state index in [4.69, 9.17) is 15.2 Å². The quantitative estimate of drug-likeness (QED) is 0.552. The second-order valence-corrected chi connectivity index (χ2v) is 6.68. The van der Waals surface area contributed by atoms with Gasteiger partial charge in [-0.3, -0.25) is 4.79 Å². The first-order valence-electron chi connectivity index (χ1n) is 9.08. The van der Waals surface area contributed by atoms with Crippen LogP contribution in [-0.2, 0) is 17.9 Å². The van der Waals surface area contributed by atoms with Gasteiger partial charge in [-0.1, -0.05) is 30.3 Å². The minimum Gasteiger partial charge on any atom is -0.485 e. The number of pyridine rings is 1. The van der Waals surface area contributed by atoms with Gasteiger partial charge in [0.25, 0.3) is 0 Å². The number of carbonyl (C=O) groups excluding carboxylic acids is 1. The molecule has 28 heavy (non-hydrogen) atoms. The van der Waals surface area contributed by atoms with E-state index in [1.165, 1.54) is 0 Å². The van der Waals surface area contributed by atoms with Gasteiger partial charge in [0.15, 0.2) is 18.2 Å². The van der Waals surface area contributed by atoms with Crippen molar-refractivity contribution in [3.05, 3.63) is 59.9 Å². The number of nitrogens with zero attached hydrogens (tertiary/aromatic N) is 3. The lowest BCUT2D eigenvalue weighted by molar-refractivity contribution is 0.0831. The van der Waals surface area contributed by atoms with Crippen molar-refractivity contribution in [3.63, 3.8) is 0 Å². The van der Waals surface area contributed by atoms with E-state index in [-0.39, 0.29) is 12.4 Å². The molecule has 0 radical (unpaired) electrons. The third-order valence-electron chi connectivity index (χ3n) is 4.91. The third kappa shape index (κ3) is 2.76. The summed E-state index contributed by atoms with van der Waals surface area (Å²) < 4.78 is 13.3. The van der Waals surface area contributed by atoms with E-state index in [0.29, 0.717) is 41.4 Å². The van der Waals surface area contributed by atoms with Crippen molar-refractivity contribution < 1.29 is 14.3 Å². The van der Waals surface area contributed by atoms with Crippen molar-refractivity contribution >= 4 is 33.5 Å². The van der Waals surface area contributed by atoms with Gasteiger partial charge in [0.2, 0.25) is 0 Å². The molecule has 4 aromatic rings. The van der Waals surface area contributed by atoms with Crippen LogP contribution in [0.25, 0.3) is 21.9 Å². The highest BCUT2D eigenvalue weighted by Crippen LogP contribution is 2.32. The van der Waals surface area contributed by atoms with Gasteiger partial charge in [-0.2, -0.15) is 0 Å². The molecule has 0 atom stereocenters. The number of hydrogen-bond donors (Lipinski definition) is 1. The maximum absolute atomic E-state index is 12.3. The van der Waals surface area contributed by atoms with Crippen molar-refractivity contribution in [3.8, 4) is 5.75 Å². The fourth-order valence-corrected chi connectivity index (χ4v) is 3.55. The lowest BCUT2D eigenvalue weighted by Gasteiger charge is -2.15. The second-order valence-electron chi connectivity index (χ2n) is 6.68. The number of Topliss-reactive ketones (excluding diaryl/α,β-unsaturated/α-hetero) is 1. The van der Waals surface area contributed by atoms with Crippen LogP contribution in [0.3, 0.4) is 0 Å². The number of aromatic nitrogens is 3. The van der Waals surface area contributed by atoms with Crippen molar-refractivity contribution in [1.29, 1.82) is 0 Å². The van der Waals surface area contributed by atoms with Gasteiger partial charge in [0.05, 0.1) is 17.6 Å². The minimum atomic E-state index is -0.0755. The maximum Gasteiger partial charge on any atom is 0.200 e. The van der Waals surface area contributed by atoms with Crippen LogP contribution < -0.4 is 10.5 Å². The van der Waals surface area contributed by atoms with Crippen LogP contribution in [0.2, 0.25) is 0 Å². The molecule has 7 heteroatoms. The van der Waals surface area contributed by atoms with Crippen LogP contribution >= 0.6 is 0 Å². The second kappa shape index (κ2) is 6.61. The zero-order valence-corrected chi connectivity index (χ0v) is 15.1. The van der Waals surface area contributed by atoms with Gasteiger partial charge in [-0.05, 0) is 12.1 Å². The molecule has 7 nitrogen and oxygen atoms in total. The number of carbonyl (C=O) groups is 1. The molecule has 5 rings (SSSR count). The van der Waals surface area contributed by atoms with Crippen LogP contribution in [-0.4, -0.2) is 33.5 Å². The first-order chi connectivity index (χ1) is 13.7. The molecule has 1 aliphatic heterocycles. The Morgan fingerprint density at radius 3 is 2.89 bits per heavy atom. The highest BCUT2D eigenvalue weighted by molar-refractivity contribution is 6.07. The summed E-state index contributed by atoms with van der Waals surface area (Å²) in [6.07, 6.45) is 0. The Labute approximate surface area is 160 Å². The molecule has 0 bridgehead atoms. The standard InChI is InChI=1S/C21H18N4O3/c22-21-19-20(25-8-9-27-12-18(25)24-19)15-7-6-14(10-16(15)23-21)28-11-17(26)13-4-2-1-3-5-13/h1-7,10H,8-9,11-12H2,(H2,22,23). The van der Waals surface area contributed by atoms with E-state index in [0.717, 1.165) is 23.3 Å². The Kier molecular flexibility index (Phi) is 3.95. The Bertz CT molecular complexity index is 1200. The first-order valence-corrected chi connectivity index (χ1v) is 9.08. The van der Waals surface area contributed by atoms with Crippen LogP contribution in [0.4, 0.5) is 5.82 Å². The maximum atomic E-state index is 12.3. The van der Waals surface area contributed by atoms with E-state index in [9.17, 15) is 4.79 Å². The predicted octanol–water partition coefficient (Wildman–Crippen LogP) is 2.96. The molecule has 0 saturated heterocycles. The number of benzene rings is 2. The summed E-state index contributed by atoms with van der Waals surface area (Å²) in [5.74, 6) is 1.73. The summed E-state index contributed by atoms with van der Waals surface area (Å²) in [4.78, 5) is 21.3. The van der Waals surface area contributed by atoms with Gasteiger partial charge in [0.1, 0.15) is 23.7 Å². The number of fused-ring (bicyclic) bond motifs is 5. The summed E-state index contributed by atoms with van der Waals surface area (Å²) in [6, 6.07) is 14.7. The minimum absolute atomic E-state index is 0.0351. The highest BCUT2D eigenvalue weighted by atomic mass is 16.5. The van der Waals surface area contributed by atoms with E-state index < -0.39 is 0 Å². The molecule has 2 aromatic heterocycles. The summed E-state index contributed by atoms with van der Waals surface area (Å²) in [5.41, 5.74) is 9.16. The van der Waals surface area contributed by atoms with E-state index in [1.54, 1.807) is 12.1 Å². The Hall–Kier alpha value is -3.45. The Morgan fingerprint density at radius 1 is 1.18 bits per heavy atom. The van der Waals surface area contributed by atoms with Crippen molar-refractivity contribution in [1.82, 2.24) is 14.5 Å². The topological polar surface area (TPSA) is 92.3 Å². The predicted molar refractivity (Wildman–Crippen MR) is 105 cm³/mol. The lowest BCUT2D eigenvalue weighted by Crippen LogP contribution is -2.16. The van der Waals surface area contributed by atoms with Crippen molar-refractivity contribution in [2.24, 2.45) is 0 Å². The molecule has 0 unspecified atom stereocenters. The number of anilines is 1. The van der Waals surface area contributed by atoms with Gasteiger partial charge < -0.3 is 19.8 Å². The SMILES string of the molecule is Nc1nc2cc(OCC(=O)c3ccccc3)ccc2c2c1nc1n2CCOC1. The lowest BCUT2D eigenvalue weighted by atomic mass is 10.1. The van der Waals surface area contributed by atoms with Gasteiger partial charge in [-0.25, -0.2) is 9.97 Å². The van der Waals surface area contributed by atoms with Crippen LogP contribution in [0.5, 0.6) is 5.75 Å². The molecule has 3 heterocycles. The molecule has 140 valence electrons. The summed E-state index contributed by atoms with van der Waals surface area (Å²) in [5, 5.41) is 0.951. The molecule has 0 aliphatic carbocycles. The zero-order chi connectivity index (χ0) is 19.1. The summed E-state index contributed by atoms with van der Waals surface area (Å²) in [6.45, 7) is 1.81. The fraction of sp³-hybridized carbons (Fsp3) is 0.190. The molecule has 0 amide bonds. The van der Waals surface area contributed by atoms with Crippen molar-refractivity contribution in [2.75, 3.05) is 18.9 Å². The monoisotopic (exact) mass is 374 g/mol. The van der Waals surface area contributed by atoms with Gasteiger partial charge in [-0.15, -0.1) is 0 Å². The normalized spacial score (nSPS) is 13.6. The zero-order valence-electron chi connectivity index (χ0n) is 15.1. The van der Waals surface area contributed by atoms with E-state index in [1.807, 2.05) is 36.4 Å². The molecule has 2 aromatic carbocycles. The van der Waals surface area contributed by atoms with Crippen molar-refractivity contribution in [2.45, 2.75) is 13.2 Å². The van der Waals surface area contributed by atoms with Crippen LogP contribution in [0, 0.1) is 0 Å². The van der Waals surface area contributed by atoms with Crippen LogP contribution in [0.1, 0.15) is 16.2 Å². The highest BCUT2D eigenvalue weighted by Gasteiger charge is 2.20. The molecule has 2 N–H and O–H groups in total. The number of ether oxygens (including phenoxy) is 2. The van der Waals surface area contributed by atoms with E-state index >= 15 is 0 Å². The van der Waals surface area contributed by atoms with Gasteiger partial charge in [0, 0.05) is 23.6 Å². The number of rotatable bonds is 4. The number of ketones is 1. The number of nitrogen functional groups attached to an aromatic ring is 1. The first kappa shape index (κ1) is 16.7. The Balaban J connectivity index is 1.49. The number of hydrogen-bond acceptors (Lipinski definition) is 6. The summed E-state index contributed by atoms with van der Waals surface area (Å²) in [7, 11) is 0. The number of nitrogens with two attached hydrogens (primary N) is 1.